The lowest BCUT2D eigenvalue weighted by molar-refractivity contribution is -0.137. The first kappa shape index (κ1) is 18.7. The molecule has 2 aromatic carbocycles. The number of alkyl carbamates (subject to hydrolysis) is 1. The number of carbonyl (C=O) groups is 2. The van der Waals surface area contributed by atoms with E-state index in [1.165, 1.54) is 11.0 Å². The molecule has 8 heteroatoms. The van der Waals surface area contributed by atoms with Crippen LogP contribution in [0.4, 0.5) is 4.79 Å². The summed E-state index contributed by atoms with van der Waals surface area (Å²) in [5, 5.41) is 19.7. The first-order valence-corrected chi connectivity index (χ1v) is 9.22. The first-order chi connectivity index (χ1) is 14.0. The average molecular weight is 392 g/mol. The number of carbonyl (C=O) groups excluding carboxylic acids is 1. The molecule has 0 unspecified atom stereocenters. The highest BCUT2D eigenvalue weighted by molar-refractivity contribution is 5.79. The maximum atomic E-state index is 12.4. The van der Waals surface area contributed by atoms with Crippen LogP contribution in [0.5, 0.6) is 0 Å². The second-order valence-electron chi connectivity index (χ2n) is 6.88. The molecule has 8 nitrogen and oxygen atoms in total. The van der Waals surface area contributed by atoms with E-state index in [1.807, 2.05) is 36.4 Å². The van der Waals surface area contributed by atoms with Crippen molar-refractivity contribution >= 4 is 12.1 Å². The zero-order valence-corrected chi connectivity index (χ0v) is 15.8. The molecule has 1 aliphatic carbocycles. The van der Waals surface area contributed by atoms with E-state index in [1.54, 1.807) is 7.05 Å². The van der Waals surface area contributed by atoms with Gasteiger partial charge in [0.2, 0.25) is 0 Å². The van der Waals surface area contributed by atoms with Gasteiger partial charge in [0, 0.05) is 13.0 Å². The van der Waals surface area contributed by atoms with Crippen molar-refractivity contribution in [2.45, 2.75) is 18.4 Å². The summed E-state index contributed by atoms with van der Waals surface area (Å²) < 4.78 is 5.48. The Kier molecular flexibility index (Phi) is 4.99. The third-order valence-corrected chi connectivity index (χ3v) is 4.99. The van der Waals surface area contributed by atoms with E-state index in [0.717, 1.165) is 22.3 Å². The van der Waals surface area contributed by atoms with E-state index in [4.69, 9.17) is 9.84 Å². The normalized spacial score (nSPS) is 13.4. The topological polar surface area (TPSA) is 106 Å². The maximum Gasteiger partial charge on any atom is 0.407 e. The summed E-state index contributed by atoms with van der Waals surface area (Å²) in [5.74, 6) is -1.12. The Balaban J connectivity index is 1.47. The smallest absolute Gasteiger partial charge is 0.407 e. The molecule has 1 heterocycles. The van der Waals surface area contributed by atoms with Crippen LogP contribution in [0.2, 0.25) is 0 Å². The van der Waals surface area contributed by atoms with Gasteiger partial charge in [0.25, 0.3) is 0 Å². The quantitative estimate of drug-likeness (QED) is 0.668. The third kappa shape index (κ3) is 3.82. The SMILES string of the molecule is Cn1ncc([C@@H](CC(=O)O)NC(=O)OCC2c3ccccc3-c3ccccc32)n1. The van der Waals surface area contributed by atoms with Gasteiger partial charge in [0.15, 0.2) is 0 Å². The second-order valence-corrected chi connectivity index (χ2v) is 6.88. The lowest BCUT2D eigenvalue weighted by Gasteiger charge is -2.17. The van der Waals surface area contributed by atoms with Crippen molar-refractivity contribution in [2.24, 2.45) is 7.05 Å². The lowest BCUT2D eigenvalue weighted by Crippen LogP contribution is -2.32. The Labute approximate surface area is 167 Å². The number of rotatable bonds is 6. The number of amides is 1. The van der Waals surface area contributed by atoms with E-state index in [-0.39, 0.29) is 18.9 Å². The molecule has 0 radical (unpaired) electrons. The summed E-state index contributed by atoms with van der Waals surface area (Å²) >= 11 is 0. The molecular formula is C21H20N4O4. The summed E-state index contributed by atoms with van der Waals surface area (Å²) in [5.41, 5.74) is 4.86. The highest BCUT2D eigenvalue weighted by Crippen LogP contribution is 2.44. The first-order valence-electron chi connectivity index (χ1n) is 9.22. The number of nitrogens with one attached hydrogen (secondary N) is 1. The molecule has 0 saturated carbocycles. The van der Waals surface area contributed by atoms with Gasteiger partial charge in [-0.2, -0.15) is 15.0 Å². The second kappa shape index (κ2) is 7.75. The van der Waals surface area contributed by atoms with E-state index < -0.39 is 18.1 Å². The molecule has 1 aliphatic rings. The minimum atomic E-state index is -1.06. The summed E-state index contributed by atoms with van der Waals surface area (Å²) in [6.45, 7) is 0.153. The monoisotopic (exact) mass is 392 g/mol. The zero-order chi connectivity index (χ0) is 20.4. The van der Waals surface area contributed by atoms with Crippen molar-refractivity contribution in [1.82, 2.24) is 20.3 Å². The lowest BCUT2D eigenvalue weighted by atomic mass is 9.98. The van der Waals surface area contributed by atoms with E-state index in [2.05, 4.69) is 27.6 Å². The van der Waals surface area contributed by atoms with Crippen molar-refractivity contribution in [3.05, 3.63) is 71.5 Å². The molecule has 0 spiro atoms. The van der Waals surface area contributed by atoms with Crippen LogP contribution in [0.25, 0.3) is 11.1 Å². The van der Waals surface area contributed by atoms with Crippen molar-refractivity contribution < 1.29 is 19.4 Å². The van der Waals surface area contributed by atoms with Crippen LogP contribution in [0, 0.1) is 0 Å². The van der Waals surface area contributed by atoms with Gasteiger partial charge in [-0.3, -0.25) is 4.79 Å². The maximum absolute atomic E-state index is 12.4. The van der Waals surface area contributed by atoms with Gasteiger partial charge in [0.1, 0.15) is 12.3 Å². The van der Waals surface area contributed by atoms with Crippen LogP contribution in [-0.2, 0) is 16.6 Å². The Morgan fingerprint density at radius 1 is 1.14 bits per heavy atom. The molecule has 1 amide bonds. The molecule has 3 aromatic rings. The summed E-state index contributed by atoms with van der Waals surface area (Å²) in [7, 11) is 1.62. The summed E-state index contributed by atoms with van der Waals surface area (Å²) in [6.07, 6.45) is 0.420. The van der Waals surface area contributed by atoms with Crippen LogP contribution < -0.4 is 5.32 Å². The molecule has 2 N–H and O–H groups in total. The van der Waals surface area contributed by atoms with Crippen LogP contribution >= 0.6 is 0 Å². The Bertz CT molecular complexity index is 1020. The summed E-state index contributed by atoms with van der Waals surface area (Å²) in [4.78, 5) is 24.9. The van der Waals surface area contributed by atoms with Crippen molar-refractivity contribution in [3.8, 4) is 11.1 Å². The highest BCUT2D eigenvalue weighted by atomic mass is 16.5. The average Bonchev–Trinajstić information content (AvgIpc) is 3.27. The number of benzene rings is 2. The van der Waals surface area contributed by atoms with Gasteiger partial charge in [-0.25, -0.2) is 4.79 Å². The molecule has 1 aromatic heterocycles. The number of hydrogen-bond donors (Lipinski definition) is 2. The minimum absolute atomic E-state index is 0.0670. The number of nitrogens with zero attached hydrogens (tertiary/aromatic N) is 3. The summed E-state index contributed by atoms with van der Waals surface area (Å²) in [6, 6.07) is 15.3. The molecule has 0 fully saturated rings. The van der Waals surface area contributed by atoms with Gasteiger partial charge < -0.3 is 15.2 Å². The molecule has 29 heavy (non-hydrogen) atoms. The fraction of sp³-hybridized carbons (Fsp3) is 0.238. The van der Waals surface area contributed by atoms with Gasteiger partial charge in [-0.1, -0.05) is 48.5 Å². The van der Waals surface area contributed by atoms with Gasteiger partial charge in [0.05, 0.1) is 18.7 Å². The van der Waals surface area contributed by atoms with Crippen LogP contribution in [-0.4, -0.2) is 38.8 Å². The number of fused-ring (bicyclic) bond motifs is 3. The predicted molar refractivity (Wildman–Crippen MR) is 104 cm³/mol. The molecule has 0 bridgehead atoms. The van der Waals surface area contributed by atoms with Gasteiger partial charge in [-0.05, 0) is 22.3 Å². The highest BCUT2D eigenvalue weighted by Gasteiger charge is 2.29. The number of ether oxygens (including phenoxy) is 1. The van der Waals surface area contributed by atoms with Crippen molar-refractivity contribution in [1.29, 1.82) is 0 Å². The van der Waals surface area contributed by atoms with Crippen molar-refractivity contribution in [2.75, 3.05) is 6.61 Å². The molecule has 148 valence electrons. The molecular weight excluding hydrogens is 372 g/mol. The zero-order valence-electron chi connectivity index (χ0n) is 15.8. The van der Waals surface area contributed by atoms with Crippen LogP contribution in [0.1, 0.15) is 35.2 Å². The number of aliphatic carboxylic acids is 1. The van der Waals surface area contributed by atoms with Crippen LogP contribution in [0.15, 0.2) is 54.7 Å². The number of aromatic nitrogens is 3. The van der Waals surface area contributed by atoms with E-state index in [0.29, 0.717) is 5.69 Å². The van der Waals surface area contributed by atoms with Crippen molar-refractivity contribution in [3.63, 3.8) is 0 Å². The third-order valence-electron chi connectivity index (χ3n) is 4.99. The van der Waals surface area contributed by atoms with E-state index >= 15 is 0 Å². The molecule has 1 atom stereocenters. The number of aryl methyl sites for hydroxylation is 1. The standard InChI is InChI=1S/C21H20N4O4/c1-25-22-11-19(24-25)18(10-20(26)27)23-21(28)29-12-17-15-8-4-2-6-13(15)14-7-3-5-9-16(14)17/h2-9,11,17-18H,10,12H2,1H3,(H,23,28)(H,26,27)/t18-/m1/s1. The Morgan fingerprint density at radius 2 is 1.76 bits per heavy atom. The van der Waals surface area contributed by atoms with Crippen LogP contribution in [0.3, 0.4) is 0 Å². The largest absolute Gasteiger partial charge is 0.481 e. The van der Waals surface area contributed by atoms with Gasteiger partial charge >= 0.3 is 12.1 Å². The predicted octanol–water partition coefficient (Wildman–Crippen LogP) is 2.87. The van der Waals surface area contributed by atoms with Gasteiger partial charge in [-0.15, -0.1) is 0 Å². The molecule has 0 aliphatic heterocycles. The fourth-order valence-corrected chi connectivity index (χ4v) is 3.71. The number of hydrogen-bond acceptors (Lipinski definition) is 5. The number of carboxylic acid groups (broad SMARTS) is 1. The Morgan fingerprint density at radius 3 is 2.31 bits per heavy atom. The molecule has 0 saturated heterocycles. The fourth-order valence-electron chi connectivity index (χ4n) is 3.71. The molecule has 4 rings (SSSR count). The van der Waals surface area contributed by atoms with E-state index in [9.17, 15) is 9.59 Å². The Hall–Kier alpha value is -3.68. The minimum Gasteiger partial charge on any atom is -0.481 e. The number of carboxylic acids is 1.